The highest BCUT2D eigenvalue weighted by Crippen LogP contribution is 2.33. The molecule has 1 rings (SSSR count). The van der Waals surface area contributed by atoms with Crippen LogP contribution in [0.4, 0.5) is 0 Å². The summed E-state index contributed by atoms with van der Waals surface area (Å²) in [6.07, 6.45) is 8.22. The molecule has 0 radical (unpaired) electrons. The first-order valence-corrected chi connectivity index (χ1v) is 6.04. The molecule has 2 unspecified atom stereocenters. The molecular formula is C13H22O2. The van der Waals surface area contributed by atoms with Crippen LogP contribution >= 0.6 is 0 Å². The van der Waals surface area contributed by atoms with Gasteiger partial charge in [-0.25, -0.2) is 4.79 Å². The number of hydrogen-bond donors (Lipinski definition) is 1. The Bertz CT molecular complexity index is 233. The fraction of sp³-hybridized carbons (Fsp3) is 0.769. The molecule has 1 aliphatic rings. The monoisotopic (exact) mass is 210 g/mol. The molecule has 1 saturated carbocycles. The lowest BCUT2D eigenvalue weighted by atomic mass is 9.78. The molecule has 2 atom stereocenters. The second-order valence-electron chi connectivity index (χ2n) is 4.75. The van der Waals surface area contributed by atoms with E-state index >= 15 is 0 Å². The molecule has 0 heterocycles. The second-order valence-corrected chi connectivity index (χ2v) is 4.75. The van der Waals surface area contributed by atoms with Crippen molar-refractivity contribution in [3.05, 3.63) is 12.2 Å². The van der Waals surface area contributed by atoms with Crippen LogP contribution in [0.3, 0.4) is 0 Å². The average Bonchev–Trinajstić information content (AvgIpc) is 2.26. The smallest absolute Gasteiger partial charge is 0.330 e. The van der Waals surface area contributed by atoms with Crippen LogP contribution in [0, 0.1) is 11.8 Å². The minimum Gasteiger partial charge on any atom is -0.478 e. The van der Waals surface area contributed by atoms with Crippen molar-refractivity contribution in [2.45, 2.75) is 51.9 Å². The van der Waals surface area contributed by atoms with Crippen molar-refractivity contribution < 1.29 is 9.90 Å². The Kier molecular flexibility index (Phi) is 4.86. The molecule has 1 fully saturated rings. The summed E-state index contributed by atoms with van der Waals surface area (Å²) in [5.74, 6) is 0.777. The highest BCUT2D eigenvalue weighted by molar-refractivity contribution is 5.85. The van der Waals surface area contributed by atoms with Gasteiger partial charge in [0.15, 0.2) is 0 Å². The van der Waals surface area contributed by atoms with E-state index < -0.39 is 5.97 Å². The molecule has 2 nitrogen and oxygen atoms in total. The summed E-state index contributed by atoms with van der Waals surface area (Å²) in [4.78, 5) is 10.6. The predicted molar refractivity (Wildman–Crippen MR) is 61.7 cm³/mol. The molecule has 0 aromatic heterocycles. The molecule has 0 amide bonds. The highest BCUT2D eigenvalue weighted by Gasteiger charge is 2.20. The normalized spacial score (nSPS) is 26.2. The van der Waals surface area contributed by atoms with Gasteiger partial charge in [0.2, 0.25) is 0 Å². The van der Waals surface area contributed by atoms with E-state index in [2.05, 4.69) is 13.5 Å². The van der Waals surface area contributed by atoms with E-state index in [1.807, 2.05) is 0 Å². The SMILES string of the molecule is C=C(CCC1CCCC(CC)C1)C(=O)O. The van der Waals surface area contributed by atoms with E-state index in [0.717, 1.165) is 18.3 Å². The molecule has 0 aromatic rings. The third-order valence-corrected chi connectivity index (χ3v) is 3.63. The second kappa shape index (κ2) is 5.94. The molecule has 86 valence electrons. The van der Waals surface area contributed by atoms with Crippen molar-refractivity contribution in [1.29, 1.82) is 0 Å². The standard InChI is InChI=1S/C13H22O2/c1-3-11-5-4-6-12(9-11)8-7-10(2)13(14)15/h11-12H,2-9H2,1H3,(H,14,15). The van der Waals surface area contributed by atoms with Crippen LogP contribution in [0.5, 0.6) is 0 Å². The van der Waals surface area contributed by atoms with E-state index in [-0.39, 0.29) is 0 Å². The van der Waals surface area contributed by atoms with Crippen LogP contribution in [0.25, 0.3) is 0 Å². The average molecular weight is 210 g/mol. The fourth-order valence-electron chi connectivity index (χ4n) is 2.52. The van der Waals surface area contributed by atoms with Crippen LogP contribution in [-0.4, -0.2) is 11.1 Å². The van der Waals surface area contributed by atoms with Gasteiger partial charge in [-0.3, -0.25) is 0 Å². The van der Waals surface area contributed by atoms with E-state index in [4.69, 9.17) is 5.11 Å². The molecular weight excluding hydrogens is 188 g/mol. The minimum absolute atomic E-state index is 0.369. The molecule has 1 aliphatic carbocycles. The Labute approximate surface area is 92.4 Å². The number of carboxylic acids is 1. The van der Waals surface area contributed by atoms with Crippen LogP contribution < -0.4 is 0 Å². The van der Waals surface area contributed by atoms with E-state index in [1.54, 1.807) is 0 Å². The van der Waals surface area contributed by atoms with Gasteiger partial charge in [0.1, 0.15) is 0 Å². The zero-order valence-electron chi connectivity index (χ0n) is 9.67. The number of carbonyl (C=O) groups is 1. The first kappa shape index (κ1) is 12.3. The summed E-state index contributed by atoms with van der Waals surface area (Å²) in [5.41, 5.74) is 0.369. The predicted octanol–water partition coefficient (Wildman–Crippen LogP) is 3.62. The summed E-state index contributed by atoms with van der Waals surface area (Å²) in [5, 5.41) is 8.71. The molecule has 0 bridgehead atoms. The number of aliphatic carboxylic acids is 1. The molecule has 0 aliphatic heterocycles. The fourth-order valence-corrected chi connectivity index (χ4v) is 2.52. The Morgan fingerprint density at radius 1 is 1.40 bits per heavy atom. The molecule has 0 spiro atoms. The van der Waals surface area contributed by atoms with Gasteiger partial charge in [0, 0.05) is 5.57 Å². The van der Waals surface area contributed by atoms with Crippen molar-refractivity contribution in [2.75, 3.05) is 0 Å². The Morgan fingerprint density at radius 3 is 2.67 bits per heavy atom. The van der Waals surface area contributed by atoms with Gasteiger partial charge < -0.3 is 5.11 Å². The topological polar surface area (TPSA) is 37.3 Å². The minimum atomic E-state index is -0.835. The lowest BCUT2D eigenvalue weighted by molar-refractivity contribution is -0.132. The van der Waals surface area contributed by atoms with E-state index in [9.17, 15) is 4.79 Å². The maximum absolute atomic E-state index is 10.6. The highest BCUT2D eigenvalue weighted by atomic mass is 16.4. The lowest BCUT2D eigenvalue weighted by Gasteiger charge is -2.28. The summed E-state index contributed by atoms with van der Waals surface area (Å²) in [6.45, 7) is 5.83. The Balaban J connectivity index is 2.26. The number of carboxylic acid groups (broad SMARTS) is 1. The third kappa shape index (κ3) is 4.06. The van der Waals surface area contributed by atoms with Crippen molar-refractivity contribution >= 4 is 5.97 Å². The van der Waals surface area contributed by atoms with Crippen molar-refractivity contribution in [1.82, 2.24) is 0 Å². The van der Waals surface area contributed by atoms with Gasteiger partial charge >= 0.3 is 5.97 Å². The molecule has 1 N–H and O–H groups in total. The zero-order chi connectivity index (χ0) is 11.3. The first-order chi connectivity index (χ1) is 7.13. The largest absolute Gasteiger partial charge is 0.478 e. The van der Waals surface area contributed by atoms with Gasteiger partial charge in [0.25, 0.3) is 0 Å². The van der Waals surface area contributed by atoms with Gasteiger partial charge in [-0.1, -0.05) is 39.2 Å². The summed E-state index contributed by atoms with van der Waals surface area (Å²) < 4.78 is 0. The van der Waals surface area contributed by atoms with Crippen molar-refractivity contribution in [2.24, 2.45) is 11.8 Å². The van der Waals surface area contributed by atoms with E-state index in [0.29, 0.717) is 12.0 Å². The first-order valence-electron chi connectivity index (χ1n) is 6.04. The maximum Gasteiger partial charge on any atom is 0.330 e. The summed E-state index contributed by atoms with van der Waals surface area (Å²) >= 11 is 0. The van der Waals surface area contributed by atoms with Crippen LogP contribution in [-0.2, 0) is 4.79 Å². The van der Waals surface area contributed by atoms with Gasteiger partial charge in [0.05, 0.1) is 0 Å². The molecule has 0 aromatic carbocycles. The van der Waals surface area contributed by atoms with Gasteiger partial charge in [-0.15, -0.1) is 0 Å². The van der Waals surface area contributed by atoms with E-state index in [1.165, 1.54) is 32.1 Å². The maximum atomic E-state index is 10.6. The summed E-state index contributed by atoms with van der Waals surface area (Å²) in [6, 6.07) is 0. The van der Waals surface area contributed by atoms with Crippen LogP contribution in [0.15, 0.2) is 12.2 Å². The Morgan fingerprint density at radius 2 is 2.07 bits per heavy atom. The number of hydrogen-bond acceptors (Lipinski definition) is 1. The van der Waals surface area contributed by atoms with Gasteiger partial charge in [-0.05, 0) is 31.1 Å². The lowest BCUT2D eigenvalue weighted by Crippen LogP contribution is -2.15. The van der Waals surface area contributed by atoms with Crippen LogP contribution in [0.2, 0.25) is 0 Å². The molecule has 0 saturated heterocycles. The quantitative estimate of drug-likeness (QED) is 0.704. The van der Waals surface area contributed by atoms with Crippen LogP contribution in [0.1, 0.15) is 51.9 Å². The van der Waals surface area contributed by atoms with Crippen molar-refractivity contribution in [3.8, 4) is 0 Å². The third-order valence-electron chi connectivity index (χ3n) is 3.63. The van der Waals surface area contributed by atoms with Crippen molar-refractivity contribution in [3.63, 3.8) is 0 Å². The van der Waals surface area contributed by atoms with Gasteiger partial charge in [-0.2, -0.15) is 0 Å². The summed E-state index contributed by atoms with van der Waals surface area (Å²) in [7, 11) is 0. The number of rotatable bonds is 5. The zero-order valence-corrected chi connectivity index (χ0v) is 9.67. The Hall–Kier alpha value is -0.790. The molecule has 15 heavy (non-hydrogen) atoms. The molecule has 2 heteroatoms.